The zero-order valence-electron chi connectivity index (χ0n) is 13.0. The van der Waals surface area contributed by atoms with Crippen LogP contribution in [0.5, 0.6) is 5.75 Å². The van der Waals surface area contributed by atoms with Crippen LogP contribution >= 0.6 is 0 Å². The second kappa shape index (κ2) is 5.90. The average molecular weight is 281 g/mol. The molecule has 1 aliphatic rings. The first-order chi connectivity index (χ1) is 10.2. The van der Waals surface area contributed by atoms with Gasteiger partial charge in [-0.15, -0.1) is 0 Å². The number of rotatable bonds is 4. The predicted octanol–water partition coefficient (Wildman–Crippen LogP) is 4.34. The molecule has 2 aromatic carbocycles. The number of fused-ring (bicyclic) bond motifs is 1. The minimum Gasteiger partial charge on any atom is -0.496 e. The summed E-state index contributed by atoms with van der Waals surface area (Å²) >= 11 is 0. The summed E-state index contributed by atoms with van der Waals surface area (Å²) in [4.78, 5) is 0. The van der Waals surface area contributed by atoms with E-state index < -0.39 is 0 Å². The number of ether oxygens (including phenoxy) is 1. The number of para-hydroxylation sites is 1. The third-order valence-corrected chi connectivity index (χ3v) is 4.44. The second-order valence-corrected chi connectivity index (χ2v) is 5.92. The fraction of sp³-hybridized carbons (Fsp3) is 0.368. The molecule has 0 saturated carbocycles. The Balaban J connectivity index is 1.81. The van der Waals surface area contributed by atoms with Crippen LogP contribution in [0, 0.1) is 6.92 Å². The summed E-state index contributed by atoms with van der Waals surface area (Å²) < 4.78 is 5.48. The maximum absolute atomic E-state index is 5.48. The summed E-state index contributed by atoms with van der Waals surface area (Å²) in [7, 11) is 1.74. The lowest BCUT2D eigenvalue weighted by Gasteiger charge is -2.22. The van der Waals surface area contributed by atoms with Crippen molar-refractivity contribution in [2.24, 2.45) is 0 Å². The molecular formula is C19H23NO. The molecule has 0 fully saturated rings. The molecule has 0 saturated heterocycles. The average Bonchev–Trinajstić information content (AvgIpc) is 2.89. The highest BCUT2D eigenvalue weighted by Crippen LogP contribution is 2.35. The van der Waals surface area contributed by atoms with E-state index in [0.717, 1.165) is 5.75 Å². The Kier molecular flexibility index (Phi) is 3.98. The number of aryl methyl sites for hydroxylation is 2. The topological polar surface area (TPSA) is 21.3 Å². The number of methoxy groups -OCH3 is 1. The molecule has 0 heterocycles. The van der Waals surface area contributed by atoms with Crippen LogP contribution in [0.4, 0.5) is 0 Å². The summed E-state index contributed by atoms with van der Waals surface area (Å²) in [5.41, 5.74) is 5.52. The fourth-order valence-electron chi connectivity index (χ4n) is 3.31. The SMILES string of the molecule is COc1ccccc1[C@@H](C)NC1CCc2ccc(C)cc21. The van der Waals surface area contributed by atoms with Crippen molar-refractivity contribution in [3.63, 3.8) is 0 Å². The number of hydrogen-bond donors (Lipinski definition) is 1. The van der Waals surface area contributed by atoms with E-state index in [0.29, 0.717) is 6.04 Å². The number of hydrogen-bond acceptors (Lipinski definition) is 2. The minimum absolute atomic E-state index is 0.276. The van der Waals surface area contributed by atoms with Crippen LogP contribution in [0.15, 0.2) is 42.5 Å². The number of benzene rings is 2. The Morgan fingerprint density at radius 1 is 1.19 bits per heavy atom. The Labute approximate surface area is 127 Å². The zero-order valence-corrected chi connectivity index (χ0v) is 13.0. The van der Waals surface area contributed by atoms with Crippen LogP contribution in [0.2, 0.25) is 0 Å². The molecule has 2 atom stereocenters. The van der Waals surface area contributed by atoms with Gasteiger partial charge in [0.25, 0.3) is 0 Å². The molecule has 2 nitrogen and oxygen atoms in total. The molecule has 0 bridgehead atoms. The minimum atomic E-state index is 0.276. The monoisotopic (exact) mass is 281 g/mol. The molecule has 0 aromatic heterocycles. The van der Waals surface area contributed by atoms with Gasteiger partial charge in [-0.05, 0) is 43.9 Å². The number of nitrogens with one attached hydrogen (secondary N) is 1. The van der Waals surface area contributed by atoms with E-state index in [1.165, 1.54) is 35.1 Å². The molecule has 3 rings (SSSR count). The van der Waals surface area contributed by atoms with Gasteiger partial charge < -0.3 is 10.1 Å². The van der Waals surface area contributed by atoms with E-state index in [4.69, 9.17) is 4.74 Å². The van der Waals surface area contributed by atoms with Crippen LogP contribution in [-0.4, -0.2) is 7.11 Å². The largest absolute Gasteiger partial charge is 0.496 e. The predicted molar refractivity (Wildman–Crippen MR) is 86.8 cm³/mol. The van der Waals surface area contributed by atoms with Crippen molar-refractivity contribution < 1.29 is 4.74 Å². The molecule has 1 N–H and O–H groups in total. The van der Waals surface area contributed by atoms with Crippen molar-refractivity contribution >= 4 is 0 Å². The first-order valence-electron chi connectivity index (χ1n) is 7.67. The molecule has 110 valence electrons. The van der Waals surface area contributed by atoms with Crippen molar-refractivity contribution in [1.29, 1.82) is 0 Å². The molecule has 0 aliphatic heterocycles. The standard InChI is InChI=1S/C19H23NO/c1-13-8-9-15-10-11-18(17(15)12-13)20-14(2)16-6-4-5-7-19(16)21-3/h4-9,12,14,18,20H,10-11H2,1-3H3/t14-,18?/m1/s1. The fourth-order valence-corrected chi connectivity index (χ4v) is 3.31. The van der Waals surface area contributed by atoms with Crippen LogP contribution in [0.1, 0.15) is 47.7 Å². The lowest BCUT2D eigenvalue weighted by Crippen LogP contribution is -2.23. The van der Waals surface area contributed by atoms with E-state index in [1.807, 2.05) is 12.1 Å². The lowest BCUT2D eigenvalue weighted by molar-refractivity contribution is 0.393. The highest BCUT2D eigenvalue weighted by atomic mass is 16.5. The van der Waals surface area contributed by atoms with Gasteiger partial charge >= 0.3 is 0 Å². The van der Waals surface area contributed by atoms with Crippen molar-refractivity contribution in [3.8, 4) is 5.75 Å². The summed E-state index contributed by atoms with van der Waals surface area (Å²) in [6, 6.07) is 15.8. The van der Waals surface area contributed by atoms with Gasteiger partial charge in [0.05, 0.1) is 7.11 Å². The highest BCUT2D eigenvalue weighted by Gasteiger charge is 2.24. The first kappa shape index (κ1) is 14.2. The molecule has 21 heavy (non-hydrogen) atoms. The van der Waals surface area contributed by atoms with Crippen molar-refractivity contribution in [3.05, 3.63) is 64.7 Å². The molecule has 1 unspecified atom stereocenters. The normalized spacial score (nSPS) is 18.3. The Morgan fingerprint density at radius 2 is 2.00 bits per heavy atom. The molecule has 0 amide bonds. The van der Waals surface area contributed by atoms with Crippen molar-refractivity contribution in [2.45, 2.75) is 38.8 Å². The Bertz CT molecular complexity index is 635. The quantitative estimate of drug-likeness (QED) is 0.900. The van der Waals surface area contributed by atoms with Crippen LogP contribution in [-0.2, 0) is 6.42 Å². The van der Waals surface area contributed by atoms with Gasteiger partial charge in [0.15, 0.2) is 0 Å². The molecule has 0 spiro atoms. The second-order valence-electron chi connectivity index (χ2n) is 5.92. The van der Waals surface area contributed by atoms with Crippen molar-refractivity contribution in [1.82, 2.24) is 5.32 Å². The molecular weight excluding hydrogens is 258 g/mol. The maximum Gasteiger partial charge on any atom is 0.123 e. The Hall–Kier alpha value is -1.80. The first-order valence-corrected chi connectivity index (χ1v) is 7.67. The van der Waals surface area contributed by atoms with E-state index in [2.05, 4.69) is 49.5 Å². The van der Waals surface area contributed by atoms with Gasteiger partial charge in [-0.3, -0.25) is 0 Å². The van der Waals surface area contributed by atoms with Gasteiger partial charge in [-0.2, -0.15) is 0 Å². The molecule has 2 heteroatoms. The van der Waals surface area contributed by atoms with Crippen molar-refractivity contribution in [2.75, 3.05) is 7.11 Å². The van der Waals surface area contributed by atoms with Crippen LogP contribution in [0.25, 0.3) is 0 Å². The maximum atomic E-state index is 5.48. The summed E-state index contributed by atoms with van der Waals surface area (Å²) in [5, 5.41) is 3.77. The summed E-state index contributed by atoms with van der Waals surface area (Å²) in [5.74, 6) is 0.958. The lowest BCUT2D eigenvalue weighted by atomic mass is 10.0. The third kappa shape index (κ3) is 2.81. The van der Waals surface area contributed by atoms with E-state index in [-0.39, 0.29) is 6.04 Å². The van der Waals surface area contributed by atoms with Gasteiger partial charge in [-0.1, -0.05) is 42.0 Å². The summed E-state index contributed by atoms with van der Waals surface area (Å²) in [6.45, 7) is 4.38. The van der Waals surface area contributed by atoms with Gasteiger partial charge in [-0.25, -0.2) is 0 Å². The van der Waals surface area contributed by atoms with Gasteiger partial charge in [0, 0.05) is 17.6 Å². The third-order valence-electron chi connectivity index (χ3n) is 4.44. The highest BCUT2D eigenvalue weighted by molar-refractivity contribution is 5.39. The molecule has 1 aliphatic carbocycles. The molecule has 0 radical (unpaired) electrons. The van der Waals surface area contributed by atoms with Gasteiger partial charge in [0.2, 0.25) is 0 Å². The Morgan fingerprint density at radius 3 is 2.81 bits per heavy atom. The van der Waals surface area contributed by atoms with E-state index >= 15 is 0 Å². The van der Waals surface area contributed by atoms with Crippen LogP contribution in [0.3, 0.4) is 0 Å². The van der Waals surface area contributed by atoms with Gasteiger partial charge in [0.1, 0.15) is 5.75 Å². The van der Waals surface area contributed by atoms with E-state index in [9.17, 15) is 0 Å². The van der Waals surface area contributed by atoms with Crippen LogP contribution < -0.4 is 10.1 Å². The summed E-state index contributed by atoms with van der Waals surface area (Å²) in [6.07, 6.45) is 2.35. The molecule has 2 aromatic rings. The zero-order chi connectivity index (χ0) is 14.8. The smallest absolute Gasteiger partial charge is 0.123 e. The van der Waals surface area contributed by atoms with E-state index in [1.54, 1.807) is 7.11 Å².